The lowest BCUT2D eigenvalue weighted by Gasteiger charge is -2.19. The third kappa shape index (κ3) is 4.82. The number of rotatable bonds is 5. The van der Waals surface area contributed by atoms with Crippen molar-refractivity contribution in [2.45, 2.75) is 12.8 Å². The molecule has 178 valence electrons. The highest BCUT2D eigenvalue weighted by Gasteiger charge is 2.23. The van der Waals surface area contributed by atoms with E-state index in [1.165, 1.54) is 0 Å². The molecule has 3 N–H and O–H groups in total. The number of aromatic hydroxyl groups is 1. The van der Waals surface area contributed by atoms with E-state index in [0.717, 1.165) is 11.1 Å². The van der Waals surface area contributed by atoms with Gasteiger partial charge in [0.15, 0.2) is 10.7 Å². The second-order valence-corrected chi connectivity index (χ2v) is 8.78. The van der Waals surface area contributed by atoms with Gasteiger partial charge in [0.2, 0.25) is 11.8 Å². The predicted octanol–water partition coefficient (Wildman–Crippen LogP) is 6.15. The molecular weight excluding hydrogens is 470 g/mol. The van der Waals surface area contributed by atoms with Crippen LogP contribution in [0.5, 0.6) is 5.75 Å². The maximum Gasteiger partial charge on any atom is 0.238 e. The fraction of sp³-hybridized carbons (Fsp3) is 0.0690. The summed E-state index contributed by atoms with van der Waals surface area (Å²) < 4.78 is 5.84. The molecule has 5 rings (SSSR count). The number of phenolic OH excluding ortho intramolecular Hbond substituents is 1. The first-order valence-electron chi connectivity index (χ1n) is 11.4. The molecule has 0 unspecified atom stereocenters. The third-order valence-electron chi connectivity index (χ3n) is 5.85. The summed E-state index contributed by atoms with van der Waals surface area (Å²) in [7, 11) is 0. The lowest BCUT2D eigenvalue weighted by atomic mass is 9.90. The predicted molar refractivity (Wildman–Crippen MR) is 145 cm³/mol. The van der Waals surface area contributed by atoms with Gasteiger partial charge in [0.05, 0.1) is 11.5 Å². The lowest BCUT2D eigenvalue weighted by Crippen LogP contribution is -2.37. The van der Waals surface area contributed by atoms with Gasteiger partial charge in [0, 0.05) is 5.69 Å². The molecule has 0 saturated carbocycles. The highest BCUT2D eigenvalue weighted by molar-refractivity contribution is 7.80. The average Bonchev–Trinajstić information content (AvgIpc) is 3.31. The Hall–Kier alpha value is -4.49. The van der Waals surface area contributed by atoms with E-state index >= 15 is 0 Å². The van der Waals surface area contributed by atoms with Crippen molar-refractivity contribution in [2.75, 3.05) is 5.32 Å². The SMILES string of the molecule is Cc1cc(NC(=S)NC(=O)C(c2ccccc2)c2ccccc2)cc(-c2nc3ccccc3o2)c1O. The van der Waals surface area contributed by atoms with E-state index in [0.29, 0.717) is 33.8 Å². The van der Waals surface area contributed by atoms with Crippen LogP contribution < -0.4 is 10.6 Å². The number of carbonyl (C=O) groups is 1. The van der Waals surface area contributed by atoms with Crippen LogP contribution in [0, 0.1) is 6.92 Å². The van der Waals surface area contributed by atoms with Gasteiger partial charge in [-0.15, -0.1) is 0 Å². The van der Waals surface area contributed by atoms with Crippen molar-refractivity contribution in [3.8, 4) is 17.2 Å². The van der Waals surface area contributed by atoms with Gasteiger partial charge in [0.1, 0.15) is 11.3 Å². The minimum atomic E-state index is -0.524. The molecule has 0 bridgehead atoms. The Balaban J connectivity index is 1.39. The minimum absolute atomic E-state index is 0.0651. The normalized spacial score (nSPS) is 10.9. The standard InChI is InChI=1S/C29H23N3O3S/c1-18-16-21(17-22(26(18)33)28-31-23-14-8-9-15-24(23)35-28)30-29(36)32-27(34)25(19-10-4-2-5-11-19)20-12-6-3-7-13-20/h2-17,25,33H,1H3,(H2,30,32,34,36). The summed E-state index contributed by atoms with van der Waals surface area (Å²) in [5, 5.41) is 16.7. The molecule has 6 nitrogen and oxygen atoms in total. The van der Waals surface area contributed by atoms with Gasteiger partial charge < -0.3 is 20.2 Å². The lowest BCUT2D eigenvalue weighted by molar-refractivity contribution is -0.120. The van der Waals surface area contributed by atoms with Crippen LogP contribution in [0.1, 0.15) is 22.6 Å². The number of fused-ring (bicyclic) bond motifs is 1. The number of anilines is 1. The van der Waals surface area contributed by atoms with E-state index in [1.54, 1.807) is 19.1 Å². The van der Waals surface area contributed by atoms with Crippen molar-refractivity contribution in [1.29, 1.82) is 0 Å². The van der Waals surface area contributed by atoms with E-state index in [-0.39, 0.29) is 16.8 Å². The van der Waals surface area contributed by atoms with Crippen LogP contribution in [0.2, 0.25) is 0 Å². The Morgan fingerprint density at radius 2 is 1.53 bits per heavy atom. The number of carbonyl (C=O) groups excluding carboxylic acids is 1. The van der Waals surface area contributed by atoms with Gasteiger partial charge >= 0.3 is 0 Å². The molecule has 0 aliphatic carbocycles. The summed E-state index contributed by atoms with van der Waals surface area (Å²) in [5.74, 6) is -0.414. The molecule has 0 fully saturated rings. The number of para-hydroxylation sites is 2. The van der Waals surface area contributed by atoms with E-state index in [4.69, 9.17) is 16.6 Å². The maximum atomic E-state index is 13.4. The number of amides is 1. The highest BCUT2D eigenvalue weighted by atomic mass is 32.1. The van der Waals surface area contributed by atoms with Gasteiger partial charge in [-0.3, -0.25) is 4.79 Å². The monoisotopic (exact) mass is 493 g/mol. The van der Waals surface area contributed by atoms with Crippen LogP contribution in [-0.4, -0.2) is 21.1 Å². The van der Waals surface area contributed by atoms with Crippen molar-refractivity contribution >= 4 is 40.0 Å². The van der Waals surface area contributed by atoms with Gasteiger partial charge in [0.25, 0.3) is 0 Å². The van der Waals surface area contributed by atoms with Crippen molar-refractivity contribution in [3.63, 3.8) is 0 Å². The topological polar surface area (TPSA) is 87.4 Å². The Morgan fingerprint density at radius 3 is 2.17 bits per heavy atom. The van der Waals surface area contributed by atoms with Gasteiger partial charge in [-0.25, -0.2) is 4.98 Å². The van der Waals surface area contributed by atoms with Gasteiger partial charge in [-0.05, 0) is 60.1 Å². The Kier molecular flexibility index (Phi) is 6.47. The average molecular weight is 494 g/mol. The van der Waals surface area contributed by atoms with Crippen molar-refractivity contribution in [3.05, 3.63) is 114 Å². The number of aryl methyl sites for hydroxylation is 1. The quantitative estimate of drug-likeness (QED) is 0.201. The highest BCUT2D eigenvalue weighted by Crippen LogP contribution is 2.36. The van der Waals surface area contributed by atoms with Crippen LogP contribution in [0.4, 0.5) is 5.69 Å². The smallest absolute Gasteiger partial charge is 0.238 e. The number of nitrogens with one attached hydrogen (secondary N) is 2. The molecule has 0 aliphatic rings. The molecule has 7 heteroatoms. The largest absolute Gasteiger partial charge is 0.507 e. The molecule has 4 aromatic carbocycles. The Labute approximate surface area is 213 Å². The molecule has 1 heterocycles. The Bertz CT molecular complexity index is 1480. The van der Waals surface area contributed by atoms with Crippen molar-refractivity contribution < 1.29 is 14.3 Å². The van der Waals surface area contributed by atoms with E-state index in [2.05, 4.69) is 15.6 Å². The maximum absolute atomic E-state index is 13.4. The number of nitrogens with zero attached hydrogens (tertiary/aromatic N) is 1. The summed E-state index contributed by atoms with van der Waals surface area (Å²) >= 11 is 5.48. The number of hydrogen-bond acceptors (Lipinski definition) is 5. The zero-order valence-electron chi connectivity index (χ0n) is 19.4. The van der Waals surface area contributed by atoms with Crippen LogP contribution in [0.3, 0.4) is 0 Å². The second-order valence-electron chi connectivity index (χ2n) is 8.37. The van der Waals surface area contributed by atoms with E-state index < -0.39 is 5.92 Å². The number of phenols is 1. The van der Waals surface area contributed by atoms with Crippen LogP contribution in [0.15, 0.2) is 101 Å². The summed E-state index contributed by atoms with van der Waals surface area (Å²) in [6.45, 7) is 1.77. The summed E-state index contributed by atoms with van der Waals surface area (Å²) in [5.41, 5.74) is 4.67. The van der Waals surface area contributed by atoms with Crippen LogP contribution in [-0.2, 0) is 4.79 Å². The molecule has 1 aromatic heterocycles. The van der Waals surface area contributed by atoms with Crippen molar-refractivity contribution in [2.24, 2.45) is 0 Å². The molecule has 36 heavy (non-hydrogen) atoms. The van der Waals surface area contributed by atoms with Gasteiger partial charge in [-0.2, -0.15) is 0 Å². The molecular formula is C29H23N3O3S. The zero-order valence-corrected chi connectivity index (χ0v) is 20.3. The van der Waals surface area contributed by atoms with Crippen molar-refractivity contribution in [1.82, 2.24) is 10.3 Å². The number of thiocarbonyl (C=S) groups is 1. The van der Waals surface area contributed by atoms with Gasteiger partial charge in [-0.1, -0.05) is 72.8 Å². The van der Waals surface area contributed by atoms with E-state index in [1.807, 2.05) is 84.9 Å². The first-order chi connectivity index (χ1) is 17.5. The fourth-order valence-electron chi connectivity index (χ4n) is 4.13. The molecule has 5 aromatic rings. The summed E-state index contributed by atoms with van der Waals surface area (Å²) in [4.78, 5) is 17.8. The molecule has 0 saturated heterocycles. The minimum Gasteiger partial charge on any atom is -0.507 e. The molecule has 1 amide bonds. The fourth-order valence-corrected chi connectivity index (χ4v) is 4.35. The number of hydrogen-bond donors (Lipinski definition) is 3. The molecule has 0 spiro atoms. The first kappa shape index (κ1) is 23.3. The molecule has 0 radical (unpaired) electrons. The number of benzene rings is 4. The molecule has 0 aliphatic heterocycles. The zero-order chi connectivity index (χ0) is 25.1. The number of aromatic nitrogens is 1. The third-order valence-corrected chi connectivity index (χ3v) is 6.05. The number of oxazole rings is 1. The van der Waals surface area contributed by atoms with Crippen LogP contribution in [0.25, 0.3) is 22.6 Å². The first-order valence-corrected chi connectivity index (χ1v) is 11.8. The Morgan fingerprint density at radius 1 is 0.917 bits per heavy atom. The van der Waals surface area contributed by atoms with Crippen LogP contribution >= 0.6 is 12.2 Å². The molecule has 0 atom stereocenters. The summed E-state index contributed by atoms with van der Waals surface area (Å²) in [6, 6.07) is 30.0. The second kappa shape index (κ2) is 10.0. The summed E-state index contributed by atoms with van der Waals surface area (Å²) in [6.07, 6.45) is 0. The van der Waals surface area contributed by atoms with E-state index in [9.17, 15) is 9.90 Å².